The Kier molecular flexibility index (Phi) is 4.53. The van der Waals surface area contributed by atoms with E-state index in [0.29, 0.717) is 17.7 Å². The molecule has 3 rings (SSSR count). The molecule has 4 heteroatoms. The van der Waals surface area contributed by atoms with Gasteiger partial charge in [0.1, 0.15) is 0 Å². The summed E-state index contributed by atoms with van der Waals surface area (Å²) in [5.41, 5.74) is 3.52. The van der Waals surface area contributed by atoms with E-state index in [1.54, 1.807) is 24.3 Å². The van der Waals surface area contributed by atoms with Gasteiger partial charge in [-0.25, -0.2) is 0 Å². The van der Waals surface area contributed by atoms with Crippen molar-refractivity contribution < 1.29 is 9.59 Å². The monoisotopic (exact) mass is 308 g/mol. The number of hydrogen-bond donors (Lipinski definition) is 1. The maximum absolute atomic E-state index is 12.2. The summed E-state index contributed by atoms with van der Waals surface area (Å²) in [6, 6.07) is 15.4. The summed E-state index contributed by atoms with van der Waals surface area (Å²) in [4.78, 5) is 25.8. The predicted octanol–water partition coefficient (Wildman–Crippen LogP) is 2.77. The zero-order chi connectivity index (χ0) is 16.2. The molecule has 23 heavy (non-hydrogen) atoms. The van der Waals surface area contributed by atoms with Gasteiger partial charge in [0.25, 0.3) is 11.8 Å². The molecule has 0 spiro atoms. The Hall–Kier alpha value is -2.46. The van der Waals surface area contributed by atoms with Gasteiger partial charge in [0.2, 0.25) is 0 Å². The molecule has 0 unspecified atom stereocenters. The third kappa shape index (κ3) is 3.32. The zero-order valence-corrected chi connectivity index (χ0v) is 13.2. The van der Waals surface area contributed by atoms with Crippen LogP contribution in [-0.2, 0) is 6.54 Å². The minimum Gasteiger partial charge on any atom is -0.313 e. The van der Waals surface area contributed by atoms with Crippen LogP contribution in [0.25, 0.3) is 0 Å². The Morgan fingerprint density at radius 3 is 2.13 bits per heavy atom. The predicted molar refractivity (Wildman–Crippen MR) is 89.3 cm³/mol. The van der Waals surface area contributed by atoms with Gasteiger partial charge in [0, 0.05) is 13.1 Å². The molecule has 2 aromatic rings. The van der Waals surface area contributed by atoms with Gasteiger partial charge < -0.3 is 5.32 Å². The molecular formula is C19H20N2O2. The number of carbonyl (C=O) groups excluding carboxylic acids is 2. The fraction of sp³-hybridized carbons (Fsp3) is 0.263. The number of imide groups is 1. The lowest BCUT2D eigenvalue weighted by Gasteiger charge is -2.13. The van der Waals surface area contributed by atoms with Crippen LogP contribution in [0.3, 0.4) is 0 Å². The van der Waals surface area contributed by atoms with Crippen LogP contribution in [0.1, 0.15) is 38.3 Å². The zero-order valence-electron chi connectivity index (χ0n) is 13.2. The molecule has 0 radical (unpaired) electrons. The van der Waals surface area contributed by atoms with Gasteiger partial charge in [-0.2, -0.15) is 0 Å². The number of benzene rings is 2. The van der Waals surface area contributed by atoms with Gasteiger partial charge in [0.05, 0.1) is 11.1 Å². The molecule has 1 N–H and O–H groups in total. The number of amides is 2. The largest absolute Gasteiger partial charge is 0.313 e. The second-order valence-corrected chi connectivity index (χ2v) is 5.82. The van der Waals surface area contributed by atoms with Crippen LogP contribution in [0.2, 0.25) is 0 Å². The summed E-state index contributed by atoms with van der Waals surface area (Å²) >= 11 is 0. The molecule has 2 aromatic carbocycles. The van der Waals surface area contributed by atoms with E-state index in [9.17, 15) is 9.59 Å². The van der Waals surface area contributed by atoms with Crippen LogP contribution < -0.4 is 5.32 Å². The minimum atomic E-state index is -0.177. The first kappa shape index (κ1) is 15.4. The number of rotatable bonds is 6. The molecule has 0 atom stereocenters. The lowest BCUT2D eigenvalue weighted by Crippen LogP contribution is -2.32. The summed E-state index contributed by atoms with van der Waals surface area (Å²) in [6.45, 7) is 4.08. The third-order valence-electron chi connectivity index (χ3n) is 4.06. The van der Waals surface area contributed by atoms with Crippen molar-refractivity contribution >= 4 is 11.8 Å². The molecule has 2 amide bonds. The van der Waals surface area contributed by atoms with E-state index in [1.165, 1.54) is 16.0 Å². The van der Waals surface area contributed by atoms with Crippen molar-refractivity contribution in [2.75, 3.05) is 13.1 Å². The number of nitrogens with zero attached hydrogens (tertiary/aromatic N) is 1. The van der Waals surface area contributed by atoms with Gasteiger partial charge in [-0.15, -0.1) is 0 Å². The molecule has 0 fully saturated rings. The van der Waals surface area contributed by atoms with Crippen molar-refractivity contribution in [2.24, 2.45) is 0 Å². The molecule has 0 saturated heterocycles. The average Bonchev–Trinajstić information content (AvgIpc) is 2.81. The number of nitrogens with one attached hydrogen (secondary N) is 1. The molecule has 0 bridgehead atoms. The average molecular weight is 308 g/mol. The third-order valence-corrected chi connectivity index (χ3v) is 4.06. The second-order valence-electron chi connectivity index (χ2n) is 5.82. The Morgan fingerprint density at radius 2 is 1.52 bits per heavy atom. The van der Waals surface area contributed by atoms with E-state index < -0.39 is 0 Å². The maximum atomic E-state index is 12.2. The van der Waals surface area contributed by atoms with E-state index in [0.717, 1.165) is 19.5 Å². The van der Waals surface area contributed by atoms with Crippen molar-refractivity contribution in [3.8, 4) is 0 Å². The van der Waals surface area contributed by atoms with Crippen molar-refractivity contribution in [2.45, 2.75) is 19.9 Å². The first-order valence-electron chi connectivity index (χ1n) is 7.88. The van der Waals surface area contributed by atoms with E-state index in [2.05, 4.69) is 36.5 Å². The highest BCUT2D eigenvalue weighted by Crippen LogP contribution is 2.22. The highest BCUT2D eigenvalue weighted by Gasteiger charge is 2.34. The Labute approximate surface area is 136 Å². The van der Waals surface area contributed by atoms with Crippen LogP contribution in [0.5, 0.6) is 0 Å². The molecule has 4 nitrogen and oxygen atoms in total. The standard InChI is InChI=1S/C19H20N2O2/c1-14-7-9-15(10-8-14)13-20-11-4-12-21-18(22)16-5-2-3-6-17(16)19(21)23/h2-3,5-10,20H,4,11-13H2,1H3. The van der Waals surface area contributed by atoms with Crippen molar-refractivity contribution in [3.63, 3.8) is 0 Å². The van der Waals surface area contributed by atoms with E-state index >= 15 is 0 Å². The minimum absolute atomic E-state index is 0.177. The summed E-state index contributed by atoms with van der Waals surface area (Å²) in [5.74, 6) is -0.353. The Bertz CT molecular complexity index is 687. The lowest BCUT2D eigenvalue weighted by atomic mass is 10.1. The van der Waals surface area contributed by atoms with Crippen LogP contribution >= 0.6 is 0 Å². The maximum Gasteiger partial charge on any atom is 0.261 e. The van der Waals surface area contributed by atoms with Crippen LogP contribution in [0.4, 0.5) is 0 Å². The molecule has 118 valence electrons. The van der Waals surface area contributed by atoms with Gasteiger partial charge in [-0.05, 0) is 37.6 Å². The molecule has 0 saturated carbocycles. The van der Waals surface area contributed by atoms with Crippen molar-refractivity contribution in [1.82, 2.24) is 10.2 Å². The topological polar surface area (TPSA) is 49.4 Å². The second kappa shape index (κ2) is 6.75. The summed E-state index contributed by atoms with van der Waals surface area (Å²) in [7, 11) is 0. The number of aryl methyl sites for hydroxylation is 1. The fourth-order valence-electron chi connectivity index (χ4n) is 2.74. The summed E-state index contributed by atoms with van der Waals surface area (Å²) in [6.07, 6.45) is 0.747. The normalized spacial score (nSPS) is 13.5. The summed E-state index contributed by atoms with van der Waals surface area (Å²) in [5, 5.41) is 3.35. The van der Waals surface area contributed by atoms with Crippen molar-refractivity contribution in [1.29, 1.82) is 0 Å². The smallest absolute Gasteiger partial charge is 0.261 e. The number of carbonyl (C=O) groups is 2. The highest BCUT2D eigenvalue weighted by molar-refractivity contribution is 6.21. The van der Waals surface area contributed by atoms with Crippen LogP contribution in [0, 0.1) is 6.92 Å². The van der Waals surface area contributed by atoms with Crippen LogP contribution in [0.15, 0.2) is 48.5 Å². The summed E-state index contributed by atoms with van der Waals surface area (Å²) < 4.78 is 0. The number of fused-ring (bicyclic) bond motifs is 1. The van der Waals surface area contributed by atoms with E-state index in [1.807, 2.05) is 0 Å². The van der Waals surface area contributed by atoms with Gasteiger partial charge in [-0.3, -0.25) is 14.5 Å². The molecule has 0 aromatic heterocycles. The van der Waals surface area contributed by atoms with E-state index in [4.69, 9.17) is 0 Å². The van der Waals surface area contributed by atoms with Crippen molar-refractivity contribution in [3.05, 3.63) is 70.8 Å². The molecule has 0 aliphatic carbocycles. The lowest BCUT2D eigenvalue weighted by molar-refractivity contribution is 0.0652. The highest BCUT2D eigenvalue weighted by atomic mass is 16.2. The Balaban J connectivity index is 1.46. The molecule has 1 aliphatic rings. The first-order valence-corrected chi connectivity index (χ1v) is 7.88. The van der Waals surface area contributed by atoms with Gasteiger partial charge in [-0.1, -0.05) is 42.0 Å². The molecule has 1 heterocycles. The number of hydrogen-bond acceptors (Lipinski definition) is 3. The molecular weight excluding hydrogens is 288 g/mol. The molecule has 1 aliphatic heterocycles. The quantitative estimate of drug-likeness (QED) is 0.659. The van der Waals surface area contributed by atoms with E-state index in [-0.39, 0.29) is 11.8 Å². The van der Waals surface area contributed by atoms with Gasteiger partial charge >= 0.3 is 0 Å². The fourth-order valence-corrected chi connectivity index (χ4v) is 2.74. The Morgan fingerprint density at radius 1 is 0.913 bits per heavy atom. The van der Waals surface area contributed by atoms with Gasteiger partial charge in [0.15, 0.2) is 0 Å². The first-order chi connectivity index (χ1) is 11.2. The van der Waals surface area contributed by atoms with Crippen LogP contribution in [-0.4, -0.2) is 29.8 Å². The SMILES string of the molecule is Cc1ccc(CNCCCN2C(=O)c3ccccc3C2=O)cc1.